The summed E-state index contributed by atoms with van der Waals surface area (Å²) in [5, 5.41) is 9.90. The van der Waals surface area contributed by atoms with Crippen LogP contribution in [0.1, 0.15) is 43.4 Å². The monoisotopic (exact) mass is 413 g/mol. The standard InChI is InChI=1S/C27H31N3O/c1-2-22(31)18-28-24-11-3-4-12-25(24)29-21-13-15-30(16-14-21)26-17-20-9-5-7-19-8-6-10-23(26)27(19)20/h3-12,21,26,28-29H,2,13-18H2,1H3/t26-/m1/s1. The van der Waals surface area contributed by atoms with Gasteiger partial charge in [0.2, 0.25) is 0 Å². The van der Waals surface area contributed by atoms with Crippen molar-refractivity contribution < 1.29 is 4.79 Å². The average Bonchev–Trinajstić information content (AvgIpc) is 3.19. The van der Waals surface area contributed by atoms with Crippen LogP contribution >= 0.6 is 0 Å². The summed E-state index contributed by atoms with van der Waals surface area (Å²) in [5.41, 5.74) is 5.13. The summed E-state index contributed by atoms with van der Waals surface area (Å²) < 4.78 is 0. The molecule has 0 spiro atoms. The molecule has 3 aromatic rings. The van der Waals surface area contributed by atoms with Crippen LogP contribution in [0.5, 0.6) is 0 Å². The van der Waals surface area contributed by atoms with E-state index in [2.05, 4.69) is 70.1 Å². The van der Waals surface area contributed by atoms with Crippen molar-refractivity contribution in [2.75, 3.05) is 30.3 Å². The van der Waals surface area contributed by atoms with Gasteiger partial charge in [-0.2, -0.15) is 0 Å². The van der Waals surface area contributed by atoms with Crippen LogP contribution in [0.2, 0.25) is 0 Å². The molecule has 0 saturated carbocycles. The van der Waals surface area contributed by atoms with Crippen LogP contribution in [0.4, 0.5) is 11.4 Å². The molecule has 1 aliphatic carbocycles. The summed E-state index contributed by atoms with van der Waals surface area (Å²) in [6.45, 7) is 4.51. The molecule has 4 heteroatoms. The van der Waals surface area contributed by atoms with Crippen LogP contribution in [-0.4, -0.2) is 36.4 Å². The maximum Gasteiger partial charge on any atom is 0.151 e. The molecule has 2 N–H and O–H groups in total. The van der Waals surface area contributed by atoms with E-state index >= 15 is 0 Å². The van der Waals surface area contributed by atoms with Gasteiger partial charge in [0.05, 0.1) is 17.9 Å². The Bertz CT molecular complexity index is 1080. The van der Waals surface area contributed by atoms with Crippen LogP contribution in [-0.2, 0) is 11.2 Å². The first-order chi connectivity index (χ1) is 15.2. The number of piperidine rings is 1. The minimum atomic E-state index is 0.232. The first-order valence-electron chi connectivity index (χ1n) is 11.6. The number of likely N-dealkylation sites (tertiary alicyclic amines) is 1. The van der Waals surface area contributed by atoms with Gasteiger partial charge < -0.3 is 10.6 Å². The Morgan fingerprint density at radius 2 is 1.71 bits per heavy atom. The fourth-order valence-electron chi connectivity index (χ4n) is 5.20. The van der Waals surface area contributed by atoms with Gasteiger partial charge >= 0.3 is 0 Å². The third-order valence-electron chi connectivity index (χ3n) is 6.92. The van der Waals surface area contributed by atoms with E-state index in [-0.39, 0.29) is 5.78 Å². The molecule has 0 radical (unpaired) electrons. The van der Waals surface area contributed by atoms with Crippen LogP contribution in [0.15, 0.2) is 60.7 Å². The Balaban J connectivity index is 1.23. The molecular weight excluding hydrogens is 382 g/mol. The van der Waals surface area contributed by atoms with Crippen molar-refractivity contribution in [3.05, 3.63) is 71.8 Å². The normalized spacial score (nSPS) is 18.9. The second-order valence-corrected chi connectivity index (χ2v) is 8.83. The number of hydrogen-bond acceptors (Lipinski definition) is 4. The number of carbonyl (C=O) groups is 1. The Morgan fingerprint density at radius 3 is 2.48 bits per heavy atom. The third kappa shape index (κ3) is 4.05. The van der Waals surface area contributed by atoms with Crippen molar-refractivity contribution in [3.8, 4) is 0 Å². The lowest BCUT2D eigenvalue weighted by molar-refractivity contribution is -0.117. The molecule has 0 unspecified atom stereocenters. The minimum absolute atomic E-state index is 0.232. The second-order valence-electron chi connectivity index (χ2n) is 8.83. The van der Waals surface area contributed by atoms with E-state index in [0.29, 0.717) is 25.0 Å². The van der Waals surface area contributed by atoms with Crippen molar-refractivity contribution >= 4 is 27.9 Å². The maximum atomic E-state index is 11.7. The van der Waals surface area contributed by atoms with Crippen molar-refractivity contribution in [1.82, 2.24) is 4.90 Å². The van der Waals surface area contributed by atoms with Crippen molar-refractivity contribution in [3.63, 3.8) is 0 Å². The number of para-hydroxylation sites is 2. The lowest BCUT2D eigenvalue weighted by Gasteiger charge is -2.37. The van der Waals surface area contributed by atoms with Crippen molar-refractivity contribution in [2.45, 2.75) is 44.7 Å². The maximum absolute atomic E-state index is 11.7. The molecule has 1 saturated heterocycles. The van der Waals surface area contributed by atoms with Gasteiger partial charge in [-0.3, -0.25) is 9.69 Å². The molecule has 0 bridgehead atoms. The predicted molar refractivity (Wildman–Crippen MR) is 129 cm³/mol. The summed E-state index contributed by atoms with van der Waals surface area (Å²) in [5.74, 6) is 0.232. The number of carbonyl (C=O) groups excluding carboxylic acids is 1. The van der Waals surface area contributed by atoms with Crippen LogP contribution in [0.25, 0.3) is 10.8 Å². The highest BCUT2D eigenvalue weighted by molar-refractivity contribution is 5.91. The van der Waals surface area contributed by atoms with Gasteiger partial charge in [0.1, 0.15) is 0 Å². The summed E-state index contributed by atoms with van der Waals surface area (Å²) in [4.78, 5) is 14.4. The molecule has 0 amide bonds. The van der Waals surface area contributed by atoms with Gasteiger partial charge in [0, 0.05) is 31.6 Å². The molecule has 4 nitrogen and oxygen atoms in total. The first-order valence-corrected chi connectivity index (χ1v) is 11.6. The van der Waals surface area contributed by atoms with Gasteiger partial charge in [-0.05, 0) is 53.3 Å². The highest BCUT2D eigenvalue weighted by Crippen LogP contribution is 2.41. The number of Topliss-reactive ketones (excluding diaryl/α,β-unsaturated/α-hetero) is 1. The molecule has 1 aliphatic heterocycles. The van der Waals surface area contributed by atoms with E-state index in [4.69, 9.17) is 0 Å². The molecule has 2 aliphatic rings. The molecule has 1 atom stereocenters. The lowest BCUT2D eigenvalue weighted by Crippen LogP contribution is -2.41. The van der Waals surface area contributed by atoms with Gasteiger partial charge in [-0.25, -0.2) is 0 Å². The SMILES string of the molecule is CCC(=O)CNc1ccccc1NC1CCN([C@@H]2Cc3cccc4cccc2c34)CC1. The Kier molecular flexibility index (Phi) is 5.65. The summed E-state index contributed by atoms with van der Waals surface area (Å²) in [7, 11) is 0. The fraction of sp³-hybridized carbons (Fsp3) is 0.370. The average molecular weight is 414 g/mol. The van der Waals surface area contributed by atoms with E-state index in [1.807, 2.05) is 13.0 Å². The smallest absolute Gasteiger partial charge is 0.151 e. The first kappa shape index (κ1) is 20.1. The van der Waals surface area contributed by atoms with E-state index in [9.17, 15) is 4.79 Å². The molecule has 5 rings (SSSR count). The van der Waals surface area contributed by atoms with Crippen LogP contribution in [0.3, 0.4) is 0 Å². The zero-order chi connectivity index (χ0) is 21.2. The van der Waals surface area contributed by atoms with Gasteiger partial charge in [-0.15, -0.1) is 0 Å². The quantitative estimate of drug-likeness (QED) is 0.544. The van der Waals surface area contributed by atoms with Gasteiger partial charge in [0.15, 0.2) is 5.78 Å². The predicted octanol–water partition coefficient (Wildman–Crippen LogP) is 5.40. The highest BCUT2D eigenvalue weighted by Gasteiger charge is 2.31. The molecule has 31 heavy (non-hydrogen) atoms. The Morgan fingerprint density at radius 1 is 0.968 bits per heavy atom. The molecular formula is C27H31N3O. The number of benzene rings is 3. The highest BCUT2D eigenvalue weighted by atomic mass is 16.1. The zero-order valence-electron chi connectivity index (χ0n) is 18.2. The second kappa shape index (κ2) is 8.72. The Hall–Kier alpha value is -2.85. The molecule has 1 heterocycles. The lowest BCUT2D eigenvalue weighted by atomic mass is 9.99. The van der Waals surface area contributed by atoms with E-state index in [1.54, 1.807) is 0 Å². The van der Waals surface area contributed by atoms with E-state index < -0.39 is 0 Å². The molecule has 160 valence electrons. The number of nitrogens with one attached hydrogen (secondary N) is 2. The minimum Gasteiger partial charge on any atom is -0.381 e. The van der Waals surface area contributed by atoms with Crippen LogP contribution in [0, 0.1) is 0 Å². The third-order valence-corrected chi connectivity index (χ3v) is 6.92. The fourth-order valence-corrected chi connectivity index (χ4v) is 5.20. The number of anilines is 2. The zero-order valence-corrected chi connectivity index (χ0v) is 18.2. The topological polar surface area (TPSA) is 44.4 Å². The van der Waals surface area contributed by atoms with Gasteiger partial charge in [0.25, 0.3) is 0 Å². The van der Waals surface area contributed by atoms with Crippen LogP contribution < -0.4 is 10.6 Å². The number of nitrogens with zero attached hydrogens (tertiary/aromatic N) is 1. The van der Waals surface area contributed by atoms with E-state index in [1.165, 1.54) is 21.9 Å². The molecule has 0 aromatic heterocycles. The number of rotatable bonds is 7. The van der Waals surface area contributed by atoms with Gasteiger partial charge in [-0.1, -0.05) is 55.5 Å². The number of hydrogen-bond donors (Lipinski definition) is 2. The molecule has 3 aromatic carbocycles. The summed E-state index contributed by atoms with van der Waals surface area (Å²) in [6.07, 6.45) is 3.96. The number of ketones is 1. The summed E-state index contributed by atoms with van der Waals surface area (Å²) >= 11 is 0. The van der Waals surface area contributed by atoms with Crippen molar-refractivity contribution in [2.24, 2.45) is 0 Å². The molecule has 1 fully saturated rings. The largest absolute Gasteiger partial charge is 0.381 e. The summed E-state index contributed by atoms with van der Waals surface area (Å²) in [6, 6.07) is 22.7. The van der Waals surface area contributed by atoms with Crippen molar-refractivity contribution in [1.29, 1.82) is 0 Å². The Labute approximate surface area is 184 Å². The van der Waals surface area contributed by atoms with E-state index in [0.717, 1.165) is 43.7 Å².